The monoisotopic (exact) mass is 494 g/mol. The van der Waals surface area contributed by atoms with Gasteiger partial charge in [-0.15, -0.1) is 22.6 Å². The molecular weight excluding hydrogens is 460 g/mol. The van der Waals surface area contributed by atoms with E-state index < -0.39 is 6.04 Å². The lowest BCUT2D eigenvalue weighted by Crippen LogP contribution is -2.50. The van der Waals surface area contributed by atoms with Crippen molar-refractivity contribution in [2.45, 2.75) is 69.8 Å². The Bertz CT molecular complexity index is 858. The van der Waals surface area contributed by atoms with Crippen LogP contribution < -0.4 is 0 Å². The SMILES string of the molecule is CC(C)[C@@H](C(=O)c1nnc(SCCN(C)Cc2ccccc2)o1)N(C=O)C1CCCCC1.Cl. The molecule has 0 unspecified atom stereocenters. The van der Waals surface area contributed by atoms with Gasteiger partial charge in [-0.3, -0.25) is 9.59 Å². The molecule has 0 bridgehead atoms. The predicted octanol–water partition coefficient (Wildman–Crippen LogP) is 4.71. The van der Waals surface area contributed by atoms with Gasteiger partial charge in [-0.05, 0) is 31.4 Å². The average Bonchev–Trinajstić information content (AvgIpc) is 3.27. The summed E-state index contributed by atoms with van der Waals surface area (Å²) >= 11 is 1.44. The average molecular weight is 495 g/mol. The van der Waals surface area contributed by atoms with E-state index in [1.54, 1.807) is 4.90 Å². The first-order valence-corrected chi connectivity index (χ1v) is 12.4. The van der Waals surface area contributed by atoms with Gasteiger partial charge in [0.1, 0.15) is 6.04 Å². The molecule has 7 nitrogen and oxygen atoms in total. The minimum atomic E-state index is -0.578. The van der Waals surface area contributed by atoms with Crippen LogP contribution in [-0.2, 0) is 11.3 Å². The van der Waals surface area contributed by atoms with Crippen molar-refractivity contribution < 1.29 is 14.0 Å². The fraction of sp³-hybridized carbons (Fsp3) is 0.583. The van der Waals surface area contributed by atoms with Crippen LogP contribution in [0.4, 0.5) is 0 Å². The van der Waals surface area contributed by atoms with Crippen LogP contribution in [0.1, 0.15) is 62.2 Å². The van der Waals surface area contributed by atoms with Gasteiger partial charge in [0.25, 0.3) is 11.1 Å². The molecule has 0 aliphatic heterocycles. The zero-order chi connectivity index (χ0) is 22.9. The summed E-state index contributed by atoms with van der Waals surface area (Å²) in [6.45, 7) is 5.63. The molecule has 0 spiro atoms. The number of amides is 1. The van der Waals surface area contributed by atoms with E-state index in [1.165, 1.54) is 23.7 Å². The summed E-state index contributed by atoms with van der Waals surface area (Å²) in [5, 5.41) is 8.45. The maximum atomic E-state index is 13.2. The Hall–Kier alpha value is -1.90. The second-order valence-corrected chi connectivity index (χ2v) is 9.89. The fourth-order valence-corrected chi connectivity index (χ4v) is 5.11. The van der Waals surface area contributed by atoms with E-state index in [9.17, 15) is 9.59 Å². The minimum absolute atomic E-state index is 0. The van der Waals surface area contributed by atoms with Crippen molar-refractivity contribution in [3.8, 4) is 0 Å². The molecule has 1 aliphatic rings. The number of rotatable bonds is 12. The van der Waals surface area contributed by atoms with Crippen molar-refractivity contribution in [2.24, 2.45) is 5.92 Å². The topological polar surface area (TPSA) is 79.5 Å². The van der Waals surface area contributed by atoms with Gasteiger partial charge in [0.05, 0.1) is 0 Å². The number of ketones is 1. The quantitative estimate of drug-likeness (QED) is 0.240. The van der Waals surface area contributed by atoms with E-state index in [1.807, 2.05) is 32.0 Å². The molecule has 0 N–H and O–H groups in total. The van der Waals surface area contributed by atoms with E-state index >= 15 is 0 Å². The normalized spacial score (nSPS) is 15.3. The highest BCUT2D eigenvalue weighted by atomic mass is 35.5. The molecule has 1 aliphatic carbocycles. The number of carbonyl (C=O) groups is 2. The minimum Gasteiger partial charge on any atom is -0.408 e. The number of thioether (sulfide) groups is 1. The van der Waals surface area contributed by atoms with Gasteiger partial charge in [0, 0.05) is 24.9 Å². The summed E-state index contributed by atoms with van der Waals surface area (Å²) in [5.74, 6) is 0.462. The van der Waals surface area contributed by atoms with Crippen LogP contribution in [0.3, 0.4) is 0 Å². The Kier molecular flexibility index (Phi) is 11.4. The maximum Gasteiger partial charge on any atom is 0.286 e. The van der Waals surface area contributed by atoms with Crippen LogP contribution in [0.25, 0.3) is 0 Å². The van der Waals surface area contributed by atoms with Gasteiger partial charge in [-0.2, -0.15) is 0 Å². The number of aromatic nitrogens is 2. The molecule has 0 saturated heterocycles. The van der Waals surface area contributed by atoms with E-state index in [2.05, 4.69) is 34.3 Å². The van der Waals surface area contributed by atoms with Crippen molar-refractivity contribution in [1.29, 1.82) is 0 Å². The van der Waals surface area contributed by atoms with Crippen molar-refractivity contribution >= 4 is 36.4 Å². The third kappa shape index (κ3) is 7.83. The lowest BCUT2D eigenvalue weighted by Gasteiger charge is -2.37. The highest BCUT2D eigenvalue weighted by Gasteiger charge is 2.36. The Labute approximate surface area is 207 Å². The standard InChI is InChI=1S/C24H34N4O3S.ClH/c1-18(2)21(28(17-29)20-12-8-5-9-13-20)22(30)23-25-26-24(31-23)32-15-14-27(3)16-19-10-6-4-7-11-19;/h4,6-7,10-11,17-18,20-21H,5,8-9,12-16H2,1-3H3;1H/t21-;/m0./s1. The number of benzene rings is 1. The largest absolute Gasteiger partial charge is 0.408 e. The molecule has 182 valence electrons. The van der Waals surface area contributed by atoms with Gasteiger partial charge in [0.15, 0.2) is 0 Å². The molecule has 1 heterocycles. The van der Waals surface area contributed by atoms with Gasteiger partial charge in [0.2, 0.25) is 12.2 Å². The molecule has 33 heavy (non-hydrogen) atoms. The van der Waals surface area contributed by atoms with Crippen LogP contribution >= 0.6 is 24.2 Å². The summed E-state index contributed by atoms with van der Waals surface area (Å²) in [6, 6.07) is 9.85. The Morgan fingerprint density at radius 2 is 1.88 bits per heavy atom. The van der Waals surface area contributed by atoms with Crippen molar-refractivity contribution in [2.75, 3.05) is 19.3 Å². The lowest BCUT2D eigenvalue weighted by molar-refractivity contribution is -0.123. The van der Waals surface area contributed by atoms with Gasteiger partial charge in [-0.25, -0.2) is 0 Å². The molecular formula is C24H35ClN4O3S. The Morgan fingerprint density at radius 1 is 1.18 bits per heavy atom. The molecule has 1 saturated carbocycles. The molecule has 3 rings (SSSR count). The molecule has 2 aromatic rings. The molecule has 1 aromatic heterocycles. The number of carbonyl (C=O) groups excluding carboxylic acids is 2. The summed E-state index contributed by atoms with van der Waals surface area (Å²) in [7, 11) is 2.07. The van der Waals surface area contributed by atoms with Crippen LogP contribution in [-0.4, -0.2) is 63.6 Å². The Balaban J connectivity index is 0.00000385. The summed E-state index contributed by atoms with van der Waals surface area (Å²) < 4.78 is 5.69. The first kappa shape index (κ1) is 27.3. The Morgan fingerprint density at radius 3 is 2.52 bits per heavy atom. The first-order chi connectivity index (χ1) is 15.5. The van der Waals surface area contributed by atoms with E-state index in [4.69, 9.17) is 4.42 Å². The van der Waals surface area contributed by atoms with E-state index in [0.717, 1.165) is 50.9 Å². The van der Waals surface area contributed by atoms with Gasteiger partial charge >= 0.3 is 0 Å². The van der Waals surface area contributed by atoms with Crippen LogP contribution in [0.5, 0.6) is 0 Å². The second kappa shape index (κ2) is 13.7. The van der Waals surface area contributed by atoms with E-state index in [-0.39, 0.29) is 36.0 Å². The smallest absolute Gasteiger partial charge is 0.286 e. The van der Waals surface area contributed by atoms with Crippen molar-refractivity contribution in [3.63, 3.8) is 0 Å². The van der Waals surface area contributed by atoms with Gasteiger partial charge in [-0.1, -0.05) is 75.2 Å². The zero-order valence-corrected chi connectivity index (χ0v) is 21.3. The summed E-state index contributed by atoms with van der Waals surface area (Å²) in [4.78, 5) is 29.1. The van der Waals surface area contributed by atoms with Crippen molar-refractivity contribution in [3.05, 3.63) is 41.8 Å². The lowest BCUT2D eigenvalue weighted by atomic mass is 9.90. The predicted molar refractivity (Wildman–Crippen MR) is 133 cm³/mol. The van der Waals surface area contributed by atoms with Crippen LogP contribution in [0, 0.1) is 5.92 Å². The third-order valence-electron chi connectivity index (χ3n) is 5.95. The number of halogens is 1. The second-order valence-electron chi connectivity index (χ2n) is 8.84. The zero-order valence-electron chi connectivity index (χ0n) is 19.7. The number of Topliss-reactive ketones (excluding diaryl/α,β-unsaturated/α-hetero) is 1. The number of hydrogen-bond donors (Lipinski definition) is 0. The van der Waals surface area contributed by atoms with Crippen molar-refractivity contribution in [1.82, 2.24) is 20.0 Å². The van der Waals surface area contributed by atoms with Crippen LogP contribution in [0.15, 0.2) is 40.0 Å². The number of hydrogen-bond acceptors (Lipinski definition) is 7. The number of nitrogens with zero attached hydrogens (tertiary/aromatic N) is 4. The molecule has 1 fully saturated rings. The molecule has 0 radical (unpaired) electrons. The highest BCUT2D eigenvalue weighted by molar-refractivity contribution is 7.99. The molecule has 1 aromatic carbocycles. The molecule has 1 amide bonds. The fourth-order valence-electron chi connectivity index (χ4n) is 4.30. The summed E-state index contributed by atoms with van der Waals surface area (Å²) in [6.07, 6.45) is 6.08. The molecule has 9 heteroatoms. The molecule has 1 atom stereocenters. The third-order valence-corrected chi connectivity index (χ3v) is 6.75. The highest BCUT2D eigenvalue weighted by Crippen LogP contribution is 2.27. The van der Waals surface area contributed by atoms with Crippen LogP contribution in [0.2, 0.25) is 0 Å². The van der Waals surface area contributed by atoms with E-state index in [0.29, 0.717) is 5.22 Å². The first-order valence-electron chi connectivity index (χ1n) is 11.4. The summed E-state index contributed by atoms with van der Waals surface area (Å²) in [5.41, 5.74) is 1.27. The maximum absolute atomic E-state index is 13.2. The van der Waals surface area contributed by atoms with Gasteiger partial charge < -0.3 is 14.2 Å².